The van der Waals surface area contributed by atoms with Gasteiger partial charge in [0.05, 0.1) is 23.0 Å². The van der Waals surface area contributed by atoms with Crippen LogP contribution in [0.5, 0.6) is 0 Å². The first-order valence-electron chi connectivity index (χ1n) is 6.65. The van der Waals surface area contributed by atoms with Gasteiger partial charge in [-0.15, -0.1) is 0 Å². The average Bonchev–Trinajstić information content (AvgIpc) is 2.94. The summed E-state index contributed by atoms with van der Waals surface area (Å²) >= 11 is 6.19. The second-order valence-corrected chi connectivity index (χ2v) is 4.99. The Labute approximate surface area is 139 Å². The molecule has 24 heavy (non-hydrogen) atoms. The van der Waals surface area contributed by atoms with E-state index >= 15 is 0 Å². The first-order valence-corrected chi connectivity index (χ1v) is 7.03. The summed E-state index contributed by atoms with van der Waals surface area (Å²) in [6.45, 7) is 0. The van der Waals surface area contributed by atoms with Crippen molar-refractivity contribution in [2.45, 2.75) is 6.18 Å². The lowest BCUT2D eigenvalue weighted by Gasteiger charge is -2.08. The van der Waals surface area contributed by atoms with Crippen LogP contribution in [-0.4, -0.2) is 19.7 Å². The fraction of sp³-hybridized carbons (Fsp3) is 0.0625. The van der Waals surface area contributed by atoms with Gasteiger partial charge in [0.2, 0.25) is 5.82 Å². The van der Waals surface area contributed by atoms with Crippen molar-refractivity contribution in [3.63, 3.8) is 0 Å². The highest BCUT2D eigenvalue weighted by Gasteiger charge is 2.30. The molecule has 0 aliphatic carbocycles. The maximum atomic E-state index is 12.6. The fourth-order valence-electron chi connectivity index (χ4n) is 1.88. The van der Waals surface area contributed by atoms with Gasteiger partial charge in [-0.25, -0.2) is 14.6 Å². The lowest BCUT2D eigenvalue weighted by Crippen LogP contribution is -2.05. The quantitative estimate of drug-likeness (QED) is 0.629. The monoisotopic (exact) mass is 348 g/mol. The summed E-state index contributed by atoms with van der Waals surface area (Å²) in [5.41, 5.74) is 0.0804. The fourth-order valence-corrected chi connectivity index (χ4v) is 2.11. The minimum atomic E-state index is -4.39. The van der Waals surface area contributed by atoms with E-state index in [0.29, 0.717) is 17.1 Å². The molecule has 0 aliphatic heterocycles. The first-order chi connectivity index (χ1) is 11.4. The van der Waals surface area contributed by atoms with Crippen LogP contribution in [0.2, 0.25) is 5.15 Å². The summed E-state index contributed by atoms with van der Waals surface area (Å²) < 4.78 is 39.1. The smallest absolute Gasteiger partial charge is 0.229 e. The van der Waals surface area contributed by atoms with Gasteiger partial charge in [0.1, 0.15) is 5.15 Å². The lowest BCUT2D eigenvalue weighted by atomic mass is 10.2. The Morgan fingerprint density at radius 1 is 1.00 bits per heavy atom. The van der Waals surface area contributed by atoms with Gasteiger partial charge in [-0.3, -0.25) is 0 Å². The Kier molecular flexibility index (Phi) is 4.23. The molecule has 0 saturated heterocycles. The van der Waals surface area contributed by atoms with Crippen LogP contribution in [0.25, 0.3) is 5.69 Å². The van der Waals surface area contributed by atoms with Gasteiger partial charge in [-0.2, -0.15) is 18.3 Å². The van der Waals surface area contributed by atoms with Crippen molar-refractivity contribution < 1.29 is 13.2 Å². The van der Waals surface area contributed by atoms with E-state index < -0.39 is 11.7 Å². The van der Waals surface area contributed by atoms with Crippen molar-refractivity contribution in [1.82, 2.24) is 19.7 Å². The molecule has 0 aliphatic rings. The minimum absolute atomic E-state index is 0.193. The lowest BCUT2D eigenvalue weighted by molar-refractivity contribution is -0.137. The van der Waals surface area contributed by atoms with Crippen molar-refractivity contribution >= 4 is 11.6 Å². The molecule has 4 nitrogen and oxygen atoms in total. The molecule has 3 rings (SSSR count). The third kappa shape index (κ3) is 3.39. The first kappa shape index (κ1) is 16.0. The van der Waals surface area contributed by atoms with Crippen LogP contribution in [-0.2, 0) is 6.18 Å². The number of aromatic nitrogens is 4. The SMILES string of the molecule is FC(F)(F)c1ccc(-n2ncc(C#Cc3ncccn3)c2Cl)cc1. The summed E-state index contributed by atoms with van der Waals surface area (Å²) in [5, 5.41) is 4.24. The predicted molar refractivity (Wildman–Crippen MR) is 81.6 cm³/mol. The van der Waals surface area contributed by atoms with E-state index in [1.807, 2.05) is 0 Å². The van der Waals surface area contributed by atoms with Crippen LogP contribution >= 0.6 is 11.6 Å². The third-order valence-corrected chi connectivity index (χ3v) is 3.39. The summed E-state index contributed by atoms with van der Waals surface area (Å²) in [6.07, 6.45) is 0.156. The van der Waals surface area contributed by atoms with Crippen molar-refractivity contribution in [3.05, 3.63) is 71.0 Å². The number of rotatable bonds is 1. The molecule has 1 aromatic carbocycles. The van der Waals surface area contributed by atoms with Crippen molar-refractivity contribution in [1.29, 1.82) is 0 Å². The van der Waals surface area contributed by atoms with Crippen LogP contribution in [0, 0.1) is 11.8 Å². The number of alkyl halides is 3. The summed E-state index contributed by atoms with van der Waals surface area (Å²) in [7, 11) is 0. The van der Waals surface area contributed by atoms with E-state index in [0.717, 1.165) is 12.1 Å². The number of nitrogens with zero attached hydrogens (tertiary/aromatic N) is 4. The minimum Gasteiger partial charge on any atom is -0.229 e. The summed E-state index contributed by atoms with van der Waals surface area (Å²) in [5.74, 6) is 5.85. The average molecular weight is 349 g/mol. The van der Waals surface area contributed by atoms with Gasteiger partial charge in [-0.05, 0) is 36.3 Å². The molecule has 0 bridgehead atoms. The van der Waals surface area contributed by atoms with Gasteiger partial charge in [-0.1, -0.05) is 17.5 Å². The van der Waals surface area contributed by atoms with Crippen LogP contribution in [0.4, 0.5) is 13.2 Å². The number of hydrogen-bond donors (Lipinski definition) is 0. The molecular weight excluding hydrogens is 341 g/mol. The van der Waals surface area contributed by atoms with Crippen LogP contribution in [0.1, 0.15) is 17.0 Å². The van der Waals surface area contributed by atoms with E-state index in [2.05, 4.69) is 26.9 Å². The zero-order valence-electron chi connectivity index (χ0n) is 11.9. The zero-order valence-corrected chi connectivity index (χ0v) is 12.7. The maximum Gasteiger partial charge on any atom is 0.416 e. The Hall–Kier alpha value is -2.85. The molecule has 120 valence electrons. The highest BCUT2D eigenvalue weighted by molar-refractivity contribution is 6.31. The molecule has 0 fully saturated rings. The maximum absolute atomic E-state index is 12.6. The van der Waals surface area contributed by atoms with Gasteiger partial charge in [0.25, 0.3) is 0 Å². The van der Waals surface area contributed by atoms with E-state index in [-0.39, 0.29) is 5.15 Å². The predicted octanol–water partition coefficient (Wildman–Crippen LogP) is 3.73. The van der Waals surface area contributed by atoms with Gasteiger partial charge >= 0.3 is 6.18 Å². The van der Waals surface area contributed by atoms with Gasteiger partial charge in [0, 0.05) is 12.4 Å². The van der Waals surface area contributed by atoms with Gasteiger partial charge < -0.3 is 0 Å². The number of halogens is 4. The second-order valence-electron chi connectivity index (χ2n) is 4.63. The molecule has 0 amide bonds. The molecule has 3 aromatic rings. The zero-order chi connectivity index (χ0) is 17.2. The normalized spacial score (nSPS) is 11.0. The molecule has 0 N–H and O–H groups in total. The topological polar surface area (TPSA) is 43.6 Å². The Bertz CT molecular complexity index is 906. The molecular formula is C16H8ClF3N4. The van der Waals surface area contributed by atoms with E-state index in [9.17, 15) is 13.2 Å². The Balaban J connectivity index is 1.89. The van der Waals surface area contributed by atoms with Crippen molar-refractivity contribution in [2.24, 2.45) is 0 Å². The molecule has 0 atom stereocenters. The molecule has 0 spiro atoms. The third-order valence-electron chi connectivity index (χ3n) is 3.02. The van der Waals surface area contributed by atoms with Crippen molar-refractivity contribution in [3.8, 4) is 17.5 Å². The van der Waals surface area contributed by atoms with Crippen LogP contribution < -0.4 is 0 Å². The molecule has 2 heterocycles. The van der Waals surface area contributed by atoms with E-state index in [1.165, 1.54) is 23.0 Å². The molecule has 0 saturated carbocycles. The molecule has 0 unspecified atom stereocenters. The number of hydrogen-bond acceptors (Lipinski definition) is 3. The summed E-state index contributed by atoms with van der Waals surface area (Å²) in [6, 6.07) is 6.19. The highest BCUT2D eigenvalue weighted by atomic mass is 35.5. The van der Waals surface area contributed by atoms with E-state index in [1.54, 1.807) is 18.5 Å². The largest absolute Gasteiger partial charge is 0.416 e. The molecule has 2 aromatic heterocycles. The highest BCUT2D eigenvalue weighted by Crippen LogP contribution is 2.30. The van der Waals surface area contributed by atoms with Crippen molar-refractivity contribution in [2.75, 3.05) is 0 Å². The standard InChI is InChI=1S/C16H8ClF3N4/c17-15-11(2-7-14-21-8-1-9-22-14)10-23-24(15)13-5-3-12(4-6-13)16(18,19)20/h1,3-6,8-10H. The number of benzene rings is 1. The Morgan fingerprint density at radius 3 is 2.29 bits per heavy atom. The van der Waals surface area contributed by atoms with Crippen LogP contribution in [0.3, 0.4) is 0 Å². The molecule has 0 radical (unpaired) electrons. The summed E-state index contributed by atoms with van der Waals surface area (Å²) in [4.78, 5) is 7.92. The Morgan fingerprint density at radius 2 is 1.67 bits per heavy atom. The van der Waals surface area contributed by atoms with Crippen LogP contribution in [0.15, 0.2) is 48.9 Å². The van der Waals surface area contributed by atoms with E-state index in [4.69, 9.17) is 11.6 Å². The van der Waals surface area contributed by atoms with Gasteiger partial charge in [0.15, 0.2) is 0 Å². The second kappa shape index (κ2) is 6.34. The molecule has 8 heteroatoms.